The van der Waals surface area contributed by atoms with Gasteiger partial charge in [0.1, 0.15) is 0 Å². The number of rotatable bonds is 0. The zero-order chi connectivity index (χ0) is 16.7. The standard InChI is InChI=1S/C17H21N3O3/c1-12-17(23)20-14-9-6-5-8-13(14)7-3-2-4-10-15(21)18-11-16(22)19-12/h5-6,8-9H,1-4,7,10-11H2,(H,18,21)(H,19,22)(H,20,23). The van der Waals surface area contributed by atoms with Crippen molar-refractivity contribution in [3.63, 3.8) is 0 Å². The number of nitrogens with one attached hydrogen (secondary N) is 3. The van der Waals surface area contributed by atoms with E-state index < -0.39 is 11.8 Å². The number of carbonyl (C=O) groups excluding carboxylic acids is 3. The van der Waals surface area contributed by atoms with Crippen LogP contribution in [0.4, 0.5) is 5.69 Å². The molecule has 2 rings (SSSR count). The van der Waals surface area contributed by atoms with Crippen molar-refractivity contribution in [3.8, 4) is 0 Å². The molecule has 0 saturated carbocycles. The molecule has 3 N–H and O–H groups in total. The average Bonchev–Trinajstić information content (AvgIpc) is 2.53. The molecule has 0 unspecified atom stereocenters. The molecule has 0 aromatic heterocycles. The quantitative estimate of drug-likeness (QED) is 0.634. The number of anilines is 1. The van der Waals surface area contributed by atoms with Gasteiger partial charge in [0.2, 0.25) is 11.8 Å². The highest BCUT2D eigenvalue weighted by Crippen LogP contribution is 2.18. The Kier molecular flexibility index (Phi) is 5.91. The first kappa shape index (κ1) is 16.7. The van der Waals surface area contributed by atoms with Gasteiger partial charge in [0.15, 0.2) is 0 Å². The van der Waals surface area contributed by atoms with Crippen LogP contribution in [0.25, 0.3) is 0 Å². The van der Waals surface area contributed by atoms with Crippen LogP contribution in [0.5, 0.6) is 0 Å². The Morgan fingerprint density at radius 2 is 1.61 bits per heavy atom. The first-order chi connectivity index (χ1) is 11.1. The summed E-state index contributed by atoms with van der Waals surface area (Å²) in [6, 6.07) is 7.55. The molecule has 1 aliphatic rings. The summed E-state index contributed by atoms with van der Waals surface area (Å²) in [7, 11) is 0. The molecule has 0 saturated heterocycles. The molecule has 122 valence electrons. The molecule has 0 radical (unpaired) electrons. The molecular formula is C17H21N3O3. The molecule has 0 spiro atoms. The van der Waals surface area contributed by atoms with Crippen molar-refractivity contribution in [2.24, 2.45) is 0 Å². The third kappa shape index (κ3) is 5.25. The van der Waals surface area contributed by atoms with Gasteiger partial charge < -0.3 is 16.0 Å². The van der Waals surface area contributed by atoms with Gasteiger partial charge in [0, 0.05) is 12.1 Å². The molecule has 6 heteroatoms. The van der Waals surface area contributed by atoms with Crippen molar-refractivity contribution >= 4 is 23.4 Å². The van der Waals surface area contributed by atoms with E-state index in [1.54, 1.807) is 0 Å². The molecule has 1 aliphatic heterocycles. The third-order valence-electron chi connectivity index (χ3n) is 3.63. The molecule has 0 fully saturated rings. The molecule has 0 atom stereocenters. The van der Waals surface area contributed by atoms with Gasteiger partial charge in [0.25, 0.3) is 5.91 Å². The van der Waals surface area contributed by atoms with Crippen LogP contribution in [0.3, 0.4) is 0 Å². The van der Waals surface area contributed by atoms with Crippen LogP contribution in [-0.4, -0.2) is 24.3 Å². The van der Waals surface area contributed by atoms with E-state index in [1.807, 2.05) is 24.3 Å². The highest BCUT2D eigenvalue weighted by Gasteiger charge is 2.14. The lowest BCUT2D eigenvalue weighted by Crippen LogP contribution is -2.38. The fourth-order valence-corrected chi connectivity index (χ4v) is 2.37. The van der Waals surface area contributed by atoms with E-state index in [2.05, 4.69) is 22.5 Å². The van der Waals surface area contributed by atoms with Gasteiger partial charge in [-0.15, -0.1) is 0 Å². The predicted molar refractivity (Wildman–Crippen MR) is 87.5 cm³/mol. The zero-order valence-corrected chi connectivity index (χ0v) is 13.0. The summed E-state index contributed by atoms with van der Waals surface area (Å²) < 4.78 is 0. The molecule has 23 heavy (non-hydrogen) atoms. The van der Waals surface area contributed by atoms with Crippen molar-refractivity contribution in [1.29, 1.82) is 0 Å². The Morgan fingerprint density at radius 1 is 0.870 bits per heavy atom. The maximum atomic E-state index is 12.1. The molecule has 3 amide bonds. The minimum Gasteiger partial charge on any atom is -0.347 e. The van der Waals surface area contributed by atoms with Crippen molar-refractivity contribution in [3.05, 3.63) is 42.1 Å². The van der Waals surface area contributed by atoms with Gasteiger partial charge in [-0.05, 0) is 30.9 Å². The number of para-hydroxylation sites is 1. The maximum absolute atomic E-state index is 12.1. The highest BCUT2D eigenvalue weighted by molar-refractivity contribution is 6.06. The highest BCUT2D eigenvalue weighted by atomic mass is 16.2. The van der Waals surface area contributed by atoms with Crippen LogP contribution >= 0.6 is 0 Å². The van der Waals surface area contributed by atoms with Crippen LogP contribution in [0.1, 0.15) is 31.2 Å². The van der Waals surface area contributed by atoms with E-state index in [9.17, 15) is 14.4 Å². The lowest BCUT2D eigenvalue weighted by molar-refractivity contribution is -0.126. The molecule has 0 bridgehead atoms. The first-order valence-corrected chi connectivity index (χ1v) is 7.71. The van der Waals surface area contributed by atoms with E-state index in [4.69, 9.17) is 0 Å². The fraction of sp³-hybridized carbons (Fsp3) is 0.353. The second-order valence-electron chi connectivity index (χ2n) is 5.48. The van der Waals surface area contributed by atoms with E-state index in [1.165, 1.54) is 0 Å². The summed E-state index contributed by atoms with van der Waals surface area (Å²) in [5.41, 5.74) is 1.70. The molecule has 1 aromatic carbocycles. The number of benzene rings is 1. The average molecular weight is 315 g/mol. The van der Waals surface area contributed by atoms with Crippen LogP contribution in [0.2, 0.25) is 0 Å². The molecule has 1 aromatic rings. The maximum Gasteiger partial charge on any atom is 0.271 e. The van der Waals surface area contributed by atoms with Crippen molar-refractivity contribution in [1.82, 2.24) is 10.6 Å². The molecular weight excluding hydrogens is 294 g/mol. The minimum atomic E-state index is -0.471. The summed E-state index contributed by atoms with van der Waals surface area (Å²) in [4.78, 5) is 35.4. The number of carbonyl (C=O) groups is 3. The second-order valence-corrected chi connectivity index (χ2v) is 5.48. The summed E-state index contributed by atoms with van der Waals surface area (Å²) >= 11 is 0. The predicted octanol–water partition coefficient (Wildman–Crippen LogP) is 1.49. The molecule has 1 heterocycles. The zero-order valence-electron chi connectivity index (χ0n) is 13.0. The summed E-state index contributed by atoms with van der Waals surface area (Å²) in [6.45, 7) is 3.40. The summed E-state index contributed by atoms with van der Waals surface area (Å²) in [6.07, 6.45) is 3.82. The number of hydrogen-bond acceptors (Lipinski definition) is 3. The van der Waals surface area contributed by atoms with Gasteiger partial charge in [-0.1, -0.05) is 31.2 Å². The van der Waals surface area contributed by atoms with Crippen molar-refractivity contribution in [2.75, 3.05) is 11.9 Å². The van der Waals surface area contributed by atoms with Gasteiger partial charge in [-0.25, -0.2) is 0 Å². The smallest absolute Gasteiger partial charge is 0.271 e. The van der Waals surface area contributed by atoms with E-state index in [0.717, 1.165) is 36.9 Å². The van der Waals surface area contributed by atoms with E-state index in [0.29, 0.717) is 6.42 Å². The number of aryl methyl sites for hydroxylation is 1. The van der Waals surface area contributed by atoms with Gasteiger partial charge in [-0.2, -0.15) is 0 Å². The first-order valence-electron chi connectivity index (χ1n) is 7.71. The number of hydrogen-bond donors (Lipinski definition) is 3. The lowest BCUT2D eigenvalue weighted by Gasteiger charge is -2.12. The normalized spacial score (nSPS) is 17.9. The SMILES string of the molecule is C=C1NC(=O)CNC(=O)CCCCCc2ccccc2NC1=O. The van der Waals surface area contributed by atoms with Crippen LogP contribution in [0.15, 0.2) is 36.5 Å². The Bertz CT molecular complexity index is 625. The molecule has 6 nitrogen and oxygen atoms in total. The Balaban J connectivity index is 2.13. The lowest BCUT2D eigenvalue weighted by atomic mass is 10.0. The van der Waals surface area contributed by atoms with E-state index in [-0.39, 0.29) is 18.1 Å². The van der Waals surface area contributed by atoms with Crippen LogP contribution in [-0.2, 0) is 20.8 Å². The van der Waals surface area contributed by atoms with Crippen LogP contribution in [0, 0.1) is 0 Å². The van der Waals surface area contributed by atoms with Crippen molar-refractivity contribution < 1.29 is 14.4 Å². The second kappa shape index (κ2) is 8.12. The van der Waals surface area contributed by atoms with Gasteiger partial charge in [0.05, 0.1) is 12.2 Å². The van der Waals surface area contributed by atoms with Gasteiger partial charge >= 0.3 is 0 Å². The summed E-state index contributed by atoms with van der Waals surface area (Å²) in [5.74, 6) is -1.10. The minimum absolute atomic E-state index is 0.0473. The number of fused-ring (bicyclic) bond motifs is 1. The fourth-order valence-electron chi connectivity index (χ4n) is 2.37. The Labute approximate surface area is 135 Å². The van der Waals surface area contributed by atoms with Crippen LogP contribution < -0.4 is 16.0 Å². The monoisotopic (exact) mass is 315 g/mol. The van der Waals surface area contributed by atoms with Crippen molar-refractivity contribution in [2.45, 2.75) is 32.1 Å². The summed E-state index contributed by atoms with van der Waals surface area (Å²) in [5, 5.41) is 7.69. The Morgan fingerprint density at radius 3 is 2.43 bits per heavy atom. The number of amides is 3. The van der Waals surface area contributed by atoms with E-state index >= 15 is 0 Å². The largest absolute Gasteiger partial charge is 0.347 e. The van der Waals surface area contributed by atoms with Gasteiger partial charge in [-0.3, -0.25) is 14.4 Å². The molecule has 0 aliphatic carbocycles. The Hall–Kier alpha value is -2.63. The topological polar surface area (TPSA) is 87.3 Å². The third-order valence-corrected chi connectivity index (χ3v) is 3.63.